The van der Waals surface area contributed by atoms with Crippen molar-refractivity contribution in [3.63, 3.8) is 0 Å². The first kappa shape index (κ1) is 14.9. The lowest BCUT2D eigenvalue weighted by Gasteiger charge is -2.09. The molecule has 4 heteroatoms. The van der Waals surface area contributed by atoms with Crippen LogP contribution in [0.5, 0.6) is 0 Å². The SMILES string of the molecule is Cc1cccc(C(=O)Cc2c(F)ccc(Br)c2F)c1C. The molecular weight excluding hydrogens is 326 g/mol. The zero-order valence-electron chi connectivity index (χ0n) is 11.1. The van der Waals surface area contributed by atoms with E-state index in [1.165, 1.54) is 6.07 Å². The molecule has 0 bridgehead atoms. The van der Waals surface area contributed by atoms with Crippen LogP contribution in [-0.4, -0.2) is 5.78 Å². The molecule has 0 aliphatic heterocycles. The molecule has 1 nitrogen and oxygen atoms in total. The highest BCUT2D eigenvalue weighted by atomic mass is 79.9. The summed E-state index contributed by atoms with van der Waals surface area (Å²) >= 11 is 3.00. The van der Waals surface area contributed by atoms with E-state index in [0.717, 1.165) is 17.2 Å². The largest absolute Gasteiger partial charge is 0.294 e. The number of hydrogen-bond acceptors (Lipinski definition) is 1. The van der Waals surface area contributed by atoms with Gasteiger partial charge in [-0.2, -0.15) is 0 Å². The molecule has 0 N–H and O–H groups in total. The number of carbonyl (C=O) groups excluding carboxylic acids is 1. The van der Waals surface area contributed by atoms with Gasteiger partial charge in [0.15, 0.2) is 5.78 Å². The van der Waals surface area contributed by atoms with Crippen molar-refractivity contribution in [2.75, 3.05) is 0 Å². The van der Waals surface area contributed by atoms with E-state index in [0.29, 0.717) is 5.56 Å². The molecule has 2 rings (SSSR count). The lowest BCUT2D eigenvalue weighted by atomic mass is 9.96. The van der Waals surface area contributed by atoms with Gasteiger partial charge >= 0.3 is 0 Å². The van der Waals surface area contributed by atoms with E-state index in [-0.39, 0.29) is 22.2 Å². The van der Waals surface area contributed by atoms with E-state index in [1.54, 1.807) is 12.1 Å². The molecule has 0 aromatic heterocycles. The second kappa shape index (κ2) is 5.83. The van der Waals surface area contributed by atoms with Crippen LogP contribution in [0.4, 0.5) is 8.78 Å². The van der Waals surface area contributed by atoms with Gasteiger partial charge in [-0.1, -0.05) is 18.2 Å². The summed E-state index contributed by atoms with van der Waals surface area (Å²) in [5.41, 5.74) is 2.12. The minimum atomic E-state index is -0.719. The van der Waals surface area contributed by atoms with Gasteiger partial charge in [0.05, 0.1) is 4.47 Å². The first-order chi connectivity index (χ1) is 9.41. The van der Waals surface area contributed by atoms with Gasteiger partial charge < -0.3 is 0 Å². The highest BCUT2D eigenvalue weighted by Gasteiger charge is 2.18. The van der Waals surface area contributed by atoms with Gasteiger partial charge in [0.1, 0.15) is 11.6 Å². The fourth-order valence-electron chi connectivity index (χ4n) is 2.04. The molecule has 0 saturated heterocycles. The highest BCUT2D eigenvalue weighted by molar-refractivity contribution is 9.10. The first-order valence-electron chi connectivity index (χ1n) is 6.13. The summed E-state index contributed by atoms with van der Waals surface area (Å²) in [5, 5.41) is 0. The molecule has 0 aliphatic rings. The van der Waals surface area contributed by atoms with Gasteiger partial charge in [0.2, 0.25) is 0 Å². The van der Waals surface area contributed by atoms with Crippen LogP contribution in [0.25, 0.3) is 0 Å². The molecule has 0 heterocycles. The van der Waals surface area contributed by atoms with Gasteiger partial charge in [0.25, 0.3) is 0 Å². The predicted octanol–water partition coefficient (Wildman–Crippen LogP) is 4.77. The summed E-state index contributed by atoms with van der Waals surface area (Å²) in [4.78, 5) is 12.3. The van der Waals surface area contributed by atoms with Crippen LogP contribution in [0.15, 0.2) is 34.8 Å². The molecule has 0 aliphatic carbocycles. The van der Waals surface area contributed by atoms with E-state index >= 15 is 0 Å². The van der Waals surface area contributed by atoms with Crippen molar-refractivity contribution >= 4 is 21.7 Å². The lowest BCUT2D eigenvalue weighted by molar-refractivity contribution is 0.0990. The average molecular weight is 339 g/mol. The Morgan fingerprint density at radius 1 is 1.15 bits per heavy atom. The van der Waals surface area contributed by atoms with Crippen LogP contribution < -0.4 is 0 Å². The molecule has 20 heavy (non-hydrogen) atoms. The molecular formula is C16H13BrF2O. The normalized spacial score (nSPS) is 10.7. The monoisotopic (exact) mass is 338 g/mol. The third-order valence-corrected chi connectivity index (χ3v) is 3.99. The van der Waals surface area contributed by atoms with Crippen LogP contribution in [0.1, 0.15) is 27.0 Å². The standard InChI is InChI=1S/C16H13BrF2O/c1-9-4-3-5-11(10(9)2)15(20)8-12-14(18)7-6-13(17)16(12)19/h3-7H,8H2,1-2H3. The molecule has 2 aromatic rings. The van der Waals surface area contributed by atoms with Crippen LogP contribution in [0.2, 0.25) is 0 Å². The van der Waals surface area contributed by atoms with Crippen molar-refractivity contribution in [1.29, 1.82) is 0 Å². The lowest BCUT2D eigenvalue weighted by Crippen LogP contribution is -2.09. The summed E-state index contributed by atoms with van der Waals surface area (Å²) in [6, 6.07) is 7.78. The smallest absolute Gasteiger partial charge is 0.167 e. The maximum Gasteiger partial charge on any atom is 0.167 e. The van der Waals surface area contributed by atoms with E-state index in [2.05, 4.69) is 15.9 Å². The zero-order valence-corrected chi connectivity index (χ0v) is 12.7. The average Bonchev–Trinajstić information content (AvgIpc) is 2.42. The summed E-state index contributed by atoms with van der Waals surface area (Å²) < 4.78 is 27.7. The summed E-state index contributed by atoms with van der Waals surface area (Å²) in [5.74, 6) is -1.71. The Hall–Kier alpha value is -1.55. The number of rotatable bonds is 3. The number of Topliss-reactive ketones (excluding diaryl/α,β-unsaturated/α-hetero) is 1. The van der Waals surface area contributed by atoms with Crippen LogP contribution >= 0.6 is 15.9 Å². The van der Waals surface area contributed by atoms with Crippen LogP contribution in [0, 0.1) is 25.5 Å². The number of halogens is 3. The van der Waals surface area contributed by atoms with Gasteiger partial charge in [0, 0.05) is 17.5 Å². The highest BCUT2D eigenvalue weighted by Crippen LogP contribution is 2.24. The molecule has 0 unspecified atom stereocenters. The fraction of sp³-hybridized carbons (Fsp3) is 0.188. The Labute approximate surface area is 124 Å². The van der Waals surface area contributed by atoms with Crippen molar-refractivity contribution in [1.82, 2.24) is 0 Å². The van der Waals surface area contributed by atoms with E-state index in [9.17, 15) is 13.6 Å². The number of hydrogen-bond donors (Lipinski definition) is 0. The van der Waals surface area contributed by atoms with Crippen molar-refractivity contribution in [3.8, 4) is 0 Å². The Morgan fingerprint density at radius 2 is 1.85 bits per heavy atom. The van der Waals surface area contributed by atoms with Crippen molar-refractivity contribution < 1.29 is 13.6 Å². The van der Waals surface area contributed by atoms with Crippen molar-refractivity contribution in [2.24, 2.45) is 0 Å². The van der Waals surface area contributed by atoms with E-state index in [1.807, 2.05) is 19.9 Å². The number of benzene rings is 2. The molecule has 0 spiro atoms. The minimum Gasteiger partial charge on any atom is -0.294 e. The molecule has 0 atom stereocenters. The minimum absolute atomic E-state index is 0.155. The summed E-state index contributed by atoms with van der Waals surface area (Å²) in [6.07, 6.45) is -0.290. The molecule has 0 fully saturated rings. The number of carbonyl (C=O) groups is 1. The van der Waals surface area contributed by atoms with Gasteiger partial charge in [-0.3, -0.25) is 4.79 Å². The molecule has 2 aromatic carbocycles. The van der Waals surface area contributed by atoms with Gasteiger partial charge in [-0.25, -0.2) is 8.78 Å². The number of ketones is 1. The number of aryl methyl sites for hydroxylation is 1. The van der Waals surface area contributed by atoms with E-state index in [4.69, 9.17) is 0 Å². The van der Waals surface area contributed by atoms with Crippen molar-refractivity contribution in [3.05, 3.63) is 68.7 Å². The Kier molecular flexibility index (Phi) is 4.33. The maximum absolute atomic E-state index is 13.9. The second-order valence-electron chi connectivity index (χ2n) is 4.67. The second-order valence-corrected chi connectivity index (χ2v) is 5.52. The van der Waals surface area contributed by atoms with Gasteiger partial charge in [-0.15, -0.1) is 0 Å². The molecule has 0 amide bonds. The molecule has 104 valence electrons. The first-order valence-corrected chi connectivity index (χ1v) is 6.93. The summed E-state index contributed by atoms with van der Waals surface area (Å²) in [6.45, 7) is 3.72. The predicted molar refractivity (Wildman–Crippen MR) is 78.0 cm³/mol. The Bertz CT molecular complexity index is 680. The van der Waals surface area contributed by atoms with Crippen LogP contribution in [-0.2, 0) is 6.42 Å². The third-order valence-electron chi connectivity index (χ3n) is 3.38. The van der Waals surface area contributed by atoms with Gasteiger partial charge in [-0.05, 0) is 53.0 Å². The Morgan fingerprint density at radius 3 is 2.55 bits per heavy atom. The van der Waals surface area contributed by atoms with Crippen molar-refractivity contribution in [2.45, 2.75) is 20.3 Å². The van der Waals surface area contributed by atoms with E-state index < -0.39 is 11.6 Å². The fourth-order valence-corrected chi connectivity index (χ4v) is 2.41. The molecule has 0 radical (unpaired) electrons. The third kappa shape index (κ3) is 2.80. The molecule has 0 saturated carbocycles. The zero-order chi connectivity index (χ0) is 14.9. The topological polar surface area (TPSA) is 17.1 Å². The quantitative estimate of drug-likeness (QED) is 0.582. The Balaban J connectivity index is 2.38. The summed E-state index contributed by atoms with van der Waals surface area (Å²) in [7, 11) is 0. The maximum atomic E-state index is 13.9. The van der Waals surface area contributed by atoms with Crippen LogP contribution in [0.3, 0.4) is 0 Å².